The molecule has 3 nitrogen and oxygen atoms in total. The van der Waals surface area contributed by atoms with E-state index in [-0.39, 0.29) is 0 Å². The number of aryl methyl sites for hydroxylation is 1. The Hall–Kier alpha value is -1.38. The van der Waals surface area contributed by atoms with E-state index >= 15 is 0 Å². The van der Waals surface area contributed by atoms with Crippen LogP contribution >= 0.6 is 0 Å². The van der Waals surface area contributed by atoms with Crippen molar-refractivity contribution in [1.29, 1.82) is 0 Å². The van der Waals surface area contributed by atoms with Crippen LogP contribution in [0, 0.1) is 6.92 Å². The SMILES string of the molecule is CCCN=C(N)c1ccncc1C. The van der Waals surface area contributed by atoms with Crippen molar-refractivity contribution in [2.45, 2.75) is 20.3 Å². The Balaban J connectivity index is 2.88. The predicted molar refractivity (Wildman–Crippen MR) is 54.9 cm³/mol. The van der Waals surface area contributed by atoms with E-state index < -0.39 is 0 Å². The average Bonchev–Trinajstić information content (AvgIpc) is 2.15. The maximum absolute atomic E-state index is 5.80. The summed E-state index contributed by atoms with van der Waals surface area (Å²) in [7, 11) is 0. The first-order valence-corrected chi connectivity index (χ1v) is 4.46. The highest BCUT2D eigenvalue weighted by molar-refractivity contribution is 5.98. The van der Waals surface area contributed by atoms with Gasteiger partial charge in [0.25, 0.3) is 0 Å². The standard InChI is InChI=1S/C10H15N3/c1-3-5-13-10(11)9-4-6-12-7-8(9)2/h4,6-7H,3,5H2,1-2H3,(H2,11,13). The Kier molecular flexibility index (Phi) is 3.43. The lowest BCUT2D eigenvalue weighted by Crippen LogP contribution is -2.15. The fourth-order valence-corrected chi connectivity index (χ4v) is 1.08. The number of nitrogens with zero attached hydrogens (tertiary/aromatic N) is 2. The summed E-state index contributed by atoms with van der Waals surface area (Å²) in [4.78, 5) is 8.24. The zero-order valence-electron chi connectivity index (χ0n) is 8.12. The van der Waals surface area contributed by atoms with Crippen molar-refractivity contribution in [3.63, 3.8) is 0 Å². The Morgan fingerprint density at radius 1 is 1.62 bits per heavy atom. The van der Waals surface area contributed by atoms with Gasteiger partial charge in [0.2, 0.25) is 0 Å². The number of rotatable bonds is 3. The summed E-state index contributed by atoms with van der Waals surface area (Å²) in [5.74, 6) is 0.613. The van der Waals surface area contributed by atoms with Gasteiger partial charge in [-0.05, 0) is 25.0 Å². The zero-order valence-corrected chi connectivity index (χ0v) is 8.12. The van der Waals surface area contributed by atoms with Gasteiger partial charge >= 0.3 is 0 Å². The molecule has 0 aliphatic rings. The molecule has 0 unspecified atom stereocenters. The Bertz CT molecular complexity index is 305. The molecule has 70 valence electrons. The van der Waals surface area contributed by atoms with Crippen molar-refractivity contribution in [3.8, 4) is 0 Å². The average molecular weight is 177 g/mol. The topological polar surface area (TPSA) is 51.3 Å². The second-order valence-corrected chi connectivity index (χ2v) is 2.96. The minimum atomic E-state index is 0.613. The molecule has 0 aromatic carbocycles. The highest BCUT2D eigenvalue weighted by atomic mass is 14.8. The third-order valence-electron chi connectivity index (χ3n) is 1.80. The first-order valence-electron chi connectivity index (χ1n) is 4.46. The Morgan fingerprint density at radius 3 is 3.00 bits per heavy atom. The number of amidine groups is 1. The number of pyridine rings is 1. The van der Waals surface area contributed by atoms with Crippen LogP contribution in [0.25, 0.3) is 0 Å². The Morgan fingerprint density at radius 2 is 2.38 bits per heavy atom. The second-order valence-electron chi connectivity index (χ2n) is 2.96. The largest absolute Gasteiger partial charge is 0.383 e. The highest BCUT2D eigenvalue weighted by Crippen LogP contribution is 2.04. The van der Waals surface area contributed by atoms with Crippen LogP contribution in [-0.2, 0) is 0 Å². The molecule has 1 rings (SSSR count). The first kappa shape index (κ1) is 9.71. The molecule has 0 amide bonds. The summed E-state index contributed by atoms with van der Waals surface area (Å²) in [5.41, 5.74) is 7.86. The van der Waals surface area contributed by atoms with Crippen LogP contribution in [0.15, 0.2) is 23.5 Å². The molecule has 2 N–H and O–H groups in total. The van der Waals surface area contributed by atoms with Gasteiger partial charge in [0.15, 0.2) is 0 Å². The van der Waals surface area contributed by atoms with Crippen molar-refractivity contribution in [2.24, 2.45) is 10.7 Å². The third-order valence-corrected chi connectivity index (χ3v) is 1.80. The normalized spacial score (nSPS) is 11.7. The van der Waals surface area contributed by atoms with Crippen LogP contribution in [0.4, 0.5) is 0 Å². The van der Waals surface area contributed by atoms with Crippen molar-refractivity contribution < 1.29 is 0 Å². The van der Waals surface area contributed by atoms with E-state index in [9.17, 15) is 0 Å². The molecule has 3 heteroatoms. The molecule has 0 bridgehead atoms. The van der Waals surface area contributed by atoms with Gasteiger partial charge in [-0.15, -0.1) is 0 Å². The molecule has 0 atom stereocenters. The minimum Gasteiger partial charge on any atom is -0.383 e. The van der Waals surface area contributed by atoms with Crippen LogP contribution in [-0.4, -0.2) is 17.4 Å². The van der Waals surface area contributed by atoms with Crippen LogP contribution in [0.1, 0.15) is 24.5 Å². The van der Waals surface area contributed by atoms with E-state index in [1.54, 1.807) is 12.4 Å². The predicted octanol–water partition coefficient (Wildman–Crippen LogP) is 1.51. The summed E-state index contributed by atoms with van der Waals surface area (Å²) in [6, 6.07) is 1.89. The second kappa shape index (κ2) is 4.60. The lowest BCUT2D eigenvalue weighted by atomic mass is 10.1. The van der Waals surface area contributed by atoms with Crippen molar-refractivity contribution in [2.75, 3.05) is 6.54 Å². The van der Waals surface area contributed by atoms with Crippen LogP contribution in [0.2, 0.25) is 0 Å². The van der Waals surface area contributed by atoms with E-state index in [0.29, 0.717) is 5.84 Å². The molecule has 1 aromatic rings. The zero-order chi connectivity index (χ0) is 9.68. The number of aromatic nitrogens is 1. The molecule has 13 heavy (non-hydrogen) atoms. The summed E-state index contributed by atoms with van der Waals surface area (Å²) >= 11 is 0. The fourth-order valence-electron chi connectivity index (χ4n) is 1.08. The Labute approximate surface area is 78.7 Å². The molecule has 1 heterocycles. The smallest absolute Gasteiger partial charge is 0.125 e. The maximum atomic E-state index is 5.80. The molecule has 0 aliphatic heterocycles. The van der Waals surface area contributed by atoms with Gasteiger partial charge in [-0.1, -0.05) is 6.92 Å². The third kappa shape index (κ3) is 2.54. The number of hydrogen-bond acceptors (Lipinski definition) is 2. The molecule has 0 radical (unpaired) electrons. The molecule has 0 fully saturated rings. The van der Waals surface area contributed by atoms with Crippen LogP contribution in [0.5, 0.6) is 0 Å². The lowest BCUT2D eigenvalue weighted by Gasteiger charge is -2.03. The number of aliphatic imine (C=N–C) groups is 1. The van der Waals surface area contributed by atoms with Crippen LogP contribution < -0.4 is 5.73 Å². The van der Waals surface area contributed by atoms with E-state index in [0.717, 1.165) is 24.1 Å². The summed E-state index contributed by atoms with van der Waals surface area (Å²) in [5, 5.41) is 0. The van der Waals surface area contributed by atoms with Gasteiger partial charge in [0.1, 0.15) is 5.84 Å². The van der Waals surface area contributed by atoms with E-state index in [1.165, 1.54) is 0 Å². The molecule has 0 saturated heterocycles. The number of nitrogens with two attached hydrogens (primary N) is 1. The van der Waals surface area contributed by atoms with Crippen molar-refractivity contribution in [1.82, 2.24) is 4.98 Å². The van der Waals surface area contributed by atoms with Gasteiger partial charge in [-0.2, -0.15) is 0 Å². The molecular weight excluding hydrogens is 162 g/mol. The monoisotopic (exact) mass is 177 g/mol. The van der Waals surface area contributed by atoms with Crippen LogP contribution in [0.3, 0.4) is 0 Å². The maximum Gasteiger partial charge on any atom is 0.125 e. The van der Waals surface area contributed by atoms with Gasteiger partial charge in [-0.3, -0.25) is 9.98 Å². The van der Waals surface area contributed by atoms with Gasteiger partial charge < -0.3 is 5.73 Å². The summed E-state index contributed by atoms with van der Waals surface area (Å²) in [6.45, 7) is 4.85. The van der Waals surface area contributed by atoms with Gasteiger partial charge in [-0.25, -0.2) is 0 Å². The van der Waals surface area contributed by atoms with E-state index in [1.807, 2.05) is 13.0 Å². The molecule has 0 saturated carbocycles. The van der Waals surface area contributed by atoms with Crippen molar-refractivity contribution >= 4 is 5.84 Å². The van der Waals surface area contributed by atoms with E-state index in [4.69, 9.17) is 5.73 Å². The highest BCUT2D eigenvalue weighted by Gasteiger charge is 2.00. The quantitative estimate of drug-likeness (QED) is 0.562. The summed E-state index contributed by atoms with van der Waals surface area (Å²) in [6.07, 6.45) is 4.55. The fraction of sp³-hybridized carbons (Fsp3) is 0.400. The van der Waals surface area contributed by atoms with Crippen molar-refractivity contribution in [3.05, 3.63) is 29.6 Å². The summed E-state index contributed by atoms with van der Waals surface area (Å²) < 4.78 is 0. The first-order chi connectivity index (χ1) is 6.25. The molecule has 0 spiro atoms. The molecular formula is C10H15N3. The van der Waals surface area contributed by atoms with Gasteiger partial charge in [0.05, 0.1) is 0 Å². The van der Waals surface area contributed by atoms with E-state index in [2.05, 4.69) is 16.9 Å². The number of hydrogen-bond donors (Lipinski definition) is 1. The minimum absolute atomic E-state index is 0.613. The lowest BCUT2D eigenvalue weighted by molar-refractivity contribution is 0.930. The molecule has 1 aromatic heterocycles. The molecule has 0 aliphatic carbocycles. The van der Waals surface area contributed by atoms with Gasteiger partial charge in [0, 0.05) is 24.5 Å².